The van der Waals surface area contributed by atoms with E-state index in [1.54, 1.807) is 6.92 Å². The Balaban J connectivity index is 4.34. The van der Waals surface area contributed by atoms with E-state index in [0.29, 0.717) is 6.42 Å². The Kier molecular flexibility index (Phi) is 3.04. The first-order valence-corrected chi connectivity index (χ1v) is 3.37. The summed E-state index contributed by atoms with van der Waals surface area (Å²) in [5.41, 5.74) is -1.12. The smallest absolute Gasteiger partial charge is 0.309 e. The van der Waals surface area contributed by atoms with Crippen molar-refractivity contribution in [3.63, 3.8) is 0 Å². The summed E-state index contributed by atoms with van der Waals surface area (Å²) in [6.07, 6.45) is 0.00741. The van der Waals surface area contributed by atoms with Crippen LogP contribution in [0.1, 0.15) is 26.7 Å². The van der Waals surface area contributed by atoms with Crippen LogP contribution in [0.4, 0.5) is 0 Å². The second-order valence-electron chi connectivity index (χ2n) is 2.79. The van der Waals surface area contributed by atoms with Crippen LogP contribution in [-0.2, 0) is 9.59 Å². The second-order valence-corrected chi connectivity index (χ2v) is 2.79. The predicted octanol–water partition coefficient (Wildman–Crippen LogP) is 0.962. The van der Waals surface area contributed by atoms with Crippen molar-refractivity contribution in [1.29, 1.82) is 0 Å². The molecule has 0 saturated heterocycles. The van der Waals surface area contributed by atoms with Crippen LogP contribution in [-0.4, -0.2) is 22.2 Å². The molecule has 0 heterocycles. The molecule has 0 aromatic rings. The summed E-state index contributed by atoms with van der Waals surface area (Å²) < 4.78 is 0. The van der Waals surface area contributed by atoms with Crippen molar-refractivity contribution in [2.24, 2.45) is 5.41 Å². The summed E-state index contributed by atoms with van der Waals surface area (Å²) in [4.78, 5) is 20.7. The normalized spacial score (nSPS) is 15.5. The minimum absolute atomic E-state index is 0.321. The molecule has 4 heteroatoms. The molecule has 0 amide bonds. The largest absolute Gasteiger partial charge is 0.481 e. The van der Waals surface area contributed by atoms with Gasteiger partial charge in [-0.25, -0.2) is 0 Å². The first-order chi connectivity index (χ1) is 4.92. The van der Waals surface area contributed by atoms with Crippen LogP contribution in [0.25, 0.3) is 0 Å². The maximum atomic E-state index is 10.5. The minimum Gasteiger partial charge on any atom is -0.481 e. The maximum Gasteiger partial charge on any atom is 0.309 e. The molecule has 0 aromatic carbocycles. The van der Waals surface area contributed by atoms with Crippen molar-refractivity contribution < 1.29 is 19.8 Å². The quantitative estimate of drug-likeness (QED) is 0.642. The van der Waals surface area contributed by atoms with Gasteiger partial charge in [-0.2, -0.15) is 0 Å². The molecule has 0 aliphatic heterocycles. The van der Waals surface area contributed by atoms with Gasteiger partial charge in [0.15, 0.2) is 0 Å². The Morgan fingerprint density at radius 1 is 1.36 bits per heavy atom. The molecule has 0 unspecified atom stereocenters. The van der Waals surface area contributed by atoms with Crippen molar-refractivity contribution in [1.82, 2.24) is 0 Å². The molecular weight excluding hydrogens is 148 g/mol. The first kappa shape index (κ1) is 9.94. The fourth-order valence-corrected chi connectivity index (χ4v) is 0.686. The van der Waals surface area contributed by atoms with Gasteiger partial charge in [0.05, 0.1) is 11.8 Å². The van der Waals surface area contributed by atoms with Crippen molar-refractivity contribution >= 4 is 11.9 Å². The summed E-state index contributed by atoms with van der Waals surface area (Å²) >= 11 is 0. The zero-order valence-corrected chi connectivity index (χ0v) is 6.63. The lowest BCUT2D eigenvalue weighted by molar-refractivity contribution is -0.154. The fraction of sp³-hybridized carbons (Fsp3) is 0.714. The van der Waals surface area contributed by atoms with E-state index in [0.717, 1.165) is 0 Å². The second kappa shape index (κ2) is 3.37. The first-order valence-electron chi connectivity index (χ1n) is 3.37. The van der Waals surface area contributed by atoms with Crippen LogP contribution in [0.3, 0.4) is 0 Å². The molecule has 0 bridgehead atoms. The molecule has 0 aliphatic rings. The van der Waals surface area contributed by atoms with E-state index in [1.807, 2.05) is 0 Å². The van der Waals surface area contributed by atoms with Gasteiger partial charge in [-0.3, -0.25) is 9.59 Å². The third-order valence-corrected chi connectivity index (χ3v) is 1.84. The lowest BCUT2D eigenvalue weighted by Gasteiger charge is -2.19. The van der Waals surface area contributed by atoms with Crippen LogP contribution in [0.5, 0.6) is 0 Å². The Bertz CT molecular complexity index is 175. The van der Waals surface area contributed by atoms with Crippen molar-refractivity contribution in [2.75, 3.05) is 0 Å². The molecule has 0 rings (SSSR count). The Hall–Kier alpha value is -1.06. The molecule has 0 spiro atoms. The third kappa shape index (κ3) is 2.57. The number of rotatable bonds is 4. The van der Waals surface area contributed by atoms with E-state index < -0.39 is 17.4 Å². The summed E-state index contributed by atoms with van der Waals surface area (Å²) in [5.74, 6) is -2.13. The van der Waals surface area contributed by atoms with E-state index >= 15 is 0 Å². The number of carbonyl (C=O) groups is 2. The lowest BCUT2D eigenvalue weighted by Crippen LogP contribution is -2.29. The average molecular weight is 160 g/mol. The summed E-state index contributed by atoms with van der Waals surface area (Å²) in [7, 11) is 0. The maximum absolute atomic E-state index is 10.5. The van der Waals surface area contributed by atoms with E-state index in [2.05, 4.69) is 0 Å². The standard InChI is InChI=1S/C7H12O4/c1-3-7(2,6(10)11)4-5(8)9/h3-4H2,1-2H3,(H,8,9)(H,10,11)/t7-/m1/s1. The van der Waals surface area contributed by atoms with Crippen molar-refractivity contribution in [3.8, 4) is 0 Å². The van der Waals surface area contributed by atoms with Crippen molar-refractivity contribution in [2.45, 2.75) is 26.7 Å². The van der Waals surface area contributed by atoms with Gasteiger partial charge in [0.2, 0.25) is 0 Å². The number of hydrogen-bond acceptors (Lipinski definition) is 2. The highest BCUT2D eigenvalue weighted by atomic mass is 16.4. The molecule has 64 valence electrons. The number of carboxylic acid groups (broad SMARTS) is 2. The lowest BCUT2D eigenvalue weighted by atomic mass is 9.84. The van der Waals surface area contributed by atoms with Gasteiger partial charge < -0.3 is 10.2 Å². The monoisotopic (exact) mass is 160 g/mol. The van der Waals surface area contributed by atoms with Gasteiger partial charge in [-0.15, -0.1) is 0 Å². The third-order valence-electron chi connectivity index (χ3n) is 1.84. The molecule has 4 nitrogen and oxygen atoms in total. The molecule has 0 aliphatic carbocycles. The highest BCUT2D eigenvalue weighted by Crippen LogP contribution is 2.25. The Morgan fingerprint density at radius 2 is 1.82 bits per heavy atom. The SMILES string of the molecule is CC[C@](C)(CC(=O)O)C(=O)O. The van der Waals surface area contributed by atoms with E-state index in [4.69, 9.17) is 10.2 Å². The van der Waals surface area contributed by atoms with Crippen LogP contribution < -0.4 is 0 Å². The van der Waals surface area contributed by atoms with Crippen LogP contribution in [0.15, 0.2) is 0 Å². The molecule has 0 fully saturated rings. The number of carboxylic acids is 2. The van der Waals surface area contributed by atoms with Gasteiger partial charge in [0.25, 0.3) is 0 Å². The fourth-order valence-electron chi connectivity index (χ4n) is 0.686. The van der Waals surface area contributed by atoms with Crippen molar-refractivity contribution in [3.05, 3.63) is 0 Å². The van der Waals surface area contributed by atoms with Gasteiger partial charge in [-0.1, -0.05) is 6.92 Å². The van der Waals surface area contributed by atoms with E-state index in [1.165, 1.54) is 6.92 Å². The molecule has 0 saturated carbocycles. The Morgan fingerprint density at radius 3 is 1.91 bits per heavy atom. The highest BCUT2D eigenvalue weighted by molar-refractivity contribution is 5.80. The van der Waals surface area contributed by atoms with Crippen LogP contribution in [0.2, 0.25) is 0 Å². The predicted molar refractivity (Wildman–Crippen MR) is 38.3 cm³/mol. The Labute approximate surface area is 64.8 Å². The van der Waals surface area contributed by atoms with Crippen LogP contribution in [0, 0.1) is 5.41 Å². The molecule has 0 radical (unpaired) electrons. The van der Waals surface area contributed by atoms with Crippen LogP contribution >= 0.6 is 0 Å². The molecule has 11 heavy (non-hydrogen) atoms. The topological polar surface area (TPSA) is 74.6 Å². The van der Waals surface area contributed by atoms with Gasteiger partial charge in [0, 0.05) is 0 Å². The summed E-state index contributed by atoms with van der Waals surface area (Å²) in [6, 6.07) is 0. The highest BCUT2D eigenvalue weighted by Gasteiger charge is 2.33. The summed E-state index contributed by atoms with van der Waals surface area (Å²) in [5, 5.41) is 17.0. The minimum atomic E-state index is -1.12. The number of aliphatic carboxylic acids is 2. The molecule has 2 N–H and O–H groups in total. The van der Waals surface area contributed by atoms with Gasteiger partial charge >= 0.3 is 11.9 Å². The number of hydrogen-bond donors (Lipinski definition) is 2. The van der Waals surface area contributed by atoms with E-state index in [9.17, 15) is 9.59 Å². The average Bonchev–Trinajstić information content (AvgIpc) is 1.86. The molecule has 0 aromatic heterocycles. The zero-order chi connectivity index (χ0) is 9.07. The molecule has 1 atom stereocenters. The van der Waals surface area contributed by atoms with Gasteiger partial charge in [-0.05, 0) is 13.3 Å². The molecular formula is C7H12O4. The summed E-state index contributed by atoms with van der Waals surface area (Å²) in [6.45, 7) is 3.10. The zero-order valence-electron chi connectivity index (χ0n) is 6.63. The van der Waals surface area contributed by atoms with Gasteiger partial charge in [0.1, 0.15) is 0 Å². The van der Waals surface area contributed by atoms with E-state index in [-0.39, 0.29) is 6.42 Å².